The molecule has 0 aromatic heterocycles. The molecule has 0 heterocycles. The second-order valence-corrected chi connectivity index (χ2v) is 5.83. The molecule has 18 heavy (non-hydrogen) atoms. The predicted molar refractivity (Wildman–Crippen MR) is 74.6 cm³/mol. The quantitative estimate of drug-likeness (QED) is 0.901. The molecule has 2 unspecified atom stereocenters. The summed E-state index contributed by atoms with van der Waals surface area (Å²) in [4.78, 5) is 12.2. The molecule has 1 fully saturated rings. The molecule has 1 aromatic carbocycles. The number of aliphatic hydroxyl groups excluding tert-OH is 1. The summed E-state index contributed by atoms with van der Waals surface area (Å²) in [6, 6.07) is 5.76. The highest BCUT2D eigenvalue weighted by atomic mass is 79.9. The van der Waals surface area contributed by atoms with Gasteiger partial charge in [0.25, 0.3) is 5.91 Å². The predicted octanol–water partition coefficient (Wildman–Crippen LogP) is 2.65. The van der Waals surface area contributed by atoms with E-state index in [1.54, 1.807) is 0 Å². The van der Waals surface area contributed by atoms with Gasteiger partial charge < -0.3 is 10.4 Å². The van der Waals surface area contributed by atoms with E-state index in [0.717, 1.165) is 29.3 Å². The van der Waals surface area contributed by atoms with Crippen LogP contribution in [0.1, 0.15) is 35.2 Å². The van der Waals surface area contributed by atoms with E-state index in [4.69, 9.17) is 0 Å². The van der Waals surface area contributed by atoms with Crippen molar-refractivity contribution in [1.82, 2.24) is 5.32 Å². The fraction of sp³-hybridized carbons (Fsp3) is 0.500. The lowest BCUT2D eigenvalue weighted by molar-refractivity contribution is 0.0915. The number of nitrogens with one attached hydrogen (secondary N) is 1. The minimum absolute atomic E-state index is 0.0367. The zero-order valence-electron chi connectivity index (χ0n) is 10.4. The molecule has 1 aliphatic rings. The molecular formula is C14H18BrNO2. The first-order valence-electron chi connectivity index (χ1n) is 6.29. The fourth-order valence-corrected chi connectivity index (χ4v) is 3.05. The monoisotopic (exact) mass is 311 g/mol. The molecule has 2 N–H and O–H groups in total. The zero-order valence-corrected chi connectivity index (χ0v) is 12.0. The Hall–Kier alpha value is -0.870. The number of rotatable bonds is 3. The third kappa shape index (κ3) is 2.93. The minimum Gasteiger partial charge on any atom is -0.396 e. The molecule has 2 rings (SSSR count). The van der Waals surface area contributed by atoms with Crippen molar-refractivity contribution in [2.45, 2.75) is 32.2 Å². The standard InChI is InChI=1S/C14H18BrNO2/c1-9-7-11(15)5-6-12(9)14(18)16-13-4-2-3-10(13)8-17/h5-7,10,13,17H,2-4,8H2,1H3,(H,16,18). The van der Waals surface area contributed by atoms with Gasteiger partial charge in [-0.1, -0.05) is 22.4 Å². The van der Waals surface area contributed by atoms with E-state index in [9.17, 15) is 9.90 Å². The number of aryl methyl sites for hydroxylation is 1. The first-order valence-corrected chi connectivity index (χ1v) is 7.09. The van der Waals surface area contributed by atoms with Gasteiger partial charge in [-0.25, -0.2) is 0 Å². The van der Waals surface area contributed by atoms with Crippen LogP contribution in [0.15, 0.2) is 22.7 Å². The highest BCUT2D eigenvalue weighted by molar-refractivity contribution is 9.10. The van der Waals surface area contributed by atoms with Crippen LogP contribution in [-0.4, -0.2) is 23.7 Å². The Bertz CT molecular complexity index is 447. The molecule has 3 nitrogen and oxygen atoms in total. The van der Waals surface area contributed by atoms with E-state index in [1.165, 1.54) is 0 Å². The maximum Gasteiger partial charge on any atom is 0.251 e. The van der Waals surface area contributed by atoms with Crippen LogP contribution < -0.4 is 5.32 Å². The molecule has 0 saturated heterocycles. The van der Waals surface area contributed by atoms with E-state index in [1.807, 2.05) is 25.1 Å². The summed E-state index contributed by atoms with van der Waals surface area (Å²) in [5.41, 5.74) is 1.67. The zero-order chi connectivity index (χ0) is 13.1. The van der Waals surface area contributed by atoms with Crippen molar-refractivity contribution in [3.8, 4) is 0 Å². The van der Waals surface area contributed by atoms with Crippen molar-refractivity contribution in [2.75, 3.05) is 6.61 Å². The molecule has 1 aliphatic carbocycles. The van der Waals surface area contributed by atoms with Gasteiger partial charge in [-0.15, -0.1) is 0 Å². The fourth-order valence-electron chi connectivity index (χ4n) is 2.57. The molecule has 4 heteroatoms. The lowest BCUT2D eigenvalue weighted by Crippen LogP contribution is -2.38. The van der Waals surface area contributed by atoms with Gasteiger partial charge in [-0.2, -0.15) is 0 Å². The highest BCUT2D eigenvalue weighted by Crippen LogP contribution is 2.25. The summed E-state index contributed by atoms with van der Waals surface area (Å²) in [5.74, 6) is 0.176. The number of carbonyl (C=O) groups is 1. The van der Waals surface area contributed by atoms with E-state index < -0.39 is 0 Å². The van der Waals surface area contributed by atoms with Gasteiger partial charge in [0.05, 0.1) is 0 Å². The first-order chi connectivity index (χ1) is 8.61. The first kappa shape index (κ1) is 13.6. The molecule has 0 radical (unpaired) electrons. The summed E-state index contributed by atoms with van der Waals surface area (Å²) >= 11 is 3.39. The summed E-state index contributed by atoms with van der Waals surface area (Å²) < 4.78 is 0.977. The van der Waals surface area contributed by atoms with Gasteiger partial charge in [-0.3, -0.25) is 4.79 Å². The Morgan fingerprint density at radius 3 is 2.94 bits per heavy atom. The molecule has 0 aliphatic heterocycles. The van der Waals surface area contributed by atoms with Crippen molar-refractivity contribution in [3.63, 3.8) is 0 Å². The van der Waals surface area contributed by atoms with E-state index in [2.05, 4.69) is 21.2 Å². The van der Waals surface area contributed by atoms with Crippen molar-refractivity contribution in [1.29, 1.82) is 0 Å². The molecular weight excluding hydrogens is 294 g/mol. The summed E-state index contributed by atoms with van der Waals surface area (Å²) in [6.07, 6.45) is 3.04. The van der Waals surface area contributed by atoms with Gasteiger partial charge >= 0.3 is 0 Å². The average molecular weight is 312 g/mol. The van der Waals surface area contributed by atoms with Gasteiger partial charge in [0, 0.05) is 28.6 Å². The lowest BCUT2D eigenvalue weighted by Gasteiger charge is -2.19. The Morgan fingerprint density at radius 1 is 1.50 bits per heavy atom. The summed E-state index contributed by atoms with van der Waals surface area (Å²) in [5, 5.41) is 12.3. The maximum atomic E-state index is 12.2. The number of benzene rings is 1. The van der Waals surface area contributed by atoms with Crippen molar-refractivity contribution in [3.05, 3.63) is 33.8 Å². The van der Waals surface area contributed by atoms with E-state index >= 15 is 0 Å². The van der Waals surface area contributed by atoms with Crippen LogP contribution in [0.5, 0.6) is 0 Å². The Kier molecular flexibility index (Phi) is 4.40. The van der Waals surface area contributed by atoms with Crippen LogP contribution in [0.25, 0.3) is 0 Å². The Balaban J connectivity index is 2.07. The van der Waals surface area contributed by atoms with Crippen LogP contribution in [0.3, 0.4) is 0 Å². The van der Waals surface area contributed by atoms with Crippen LogP contribution >= 0.6 is 15.9 Å². The van der Waals surface area contributed by atoms with Crippen LogP contribution in [-0.2, 0) is 0 Å². The number of amides is 1. The second-order valence-electron chi connectivity index (χ2n) is 4.91. The van der Waals surface area contributed by atoms with Crippen molar-refractivity contribution in [2.24, 2.45) is 5.92 Å². The number of hydrogen-bond donors (Lipinski definition) is 2. The van der Waals surface area contributed by atoms with Crippen LogP contribution in [0.4, 0.5) is 0 Å². The third-order valence-corrected chi connectivity index (χ3v) is 4.14. The molecule has 1 aromatic rings. The van der Waals surface area contributed by atoms with E-state index in [0.29, 0.717) is 5.56 Å². The Morgan fingerprint density at radius 2 is 2.28 bits per heavy atom. The number of halogens is 1. The van der Waals surface area contributed by atoms with Crippen LogP contribution in [0.2, 0.25) is 0 Å². The molecule has 98 valence electrons. The maximum absolute atomic E-state index is 12.2. The van der Waals surface area contributed by atoms with Crippen LogP contribution in [0, 0.1) is 12.8 Å². The van der Waals surface area contributed by atoms with Gasteiger partial charge in [0.15, 0.2) is 0 Å². The largest absolute Gasteiger partial charge is 0.396 e. The molecule has 0 bridgehead atoms. The van der Waals surface area contributed by atoms with E-state index in [-0.39, 0.29) is 24.5 Å². The number of carbonyl (C=O) groups excluding carboxylic acids is 1. The smallest absolute Gasteiger partial charge is 0.251 e. The summed E-state index contributed by atoms with van der Waals surface area (Å²) in [7, 11) is 0. The van der Waals surface area contributed by atoms with Gasteiger partial charge in [-0.05, 0) is 43.5 Å². The van der Waals surface area contributed by atoms with Crippen molar-refractivity contribution >= 4 is 21.8 Å². The SMILES string of the molecule is Cc1cc(Br)ccc1C(=O)NC1CCCC1CO. The minimum atomic E-state index is -0.0367. The molecule has 0 spiro atoms. The lowest BCUT2D eigenvalue weighted by atomic mass is 10.0. The average Bonchev–Trinajstić information content (AvgIpc) is 2.76. The molecule has 1 amide bonds. The van der Waals surface area contributed by atoms with Gasteiger partial charge in [0.2, 0.25) is 0 Å². The van der Waals surface area contributed by atoms with Gasteiger partial charge in [0.1, 0.15) is 0 Å². The Labute approximate surface area is 116 Å². The molecule has 2 atom stereocenters. The summed E-state index contributed by atoms with van der Waals surface area (Å²) in [6.45, 7) is 2.09. The highest BCUT2D eigenvalue weighted by Gasteiger charge is 2.28. The number of aliphatic hydroxyl groups is 1. The third-order valence-electron chi connectivity index (χ3n) is 3.64. The van der Waals surface area contributed by atoms with Crippen molar-refractivity contribution < 1.29 is 9.90 Å². The normalized spacial score (nSPS) is 23.1. The topological polar surface area (TPSA) is 49.3 Å². The molecule has 1 saturated carbocycles. The number of hydrogen-bond acceptors (Lipinski definition) is 2. The second kappa shape index (κ2) is 5.85.